The molecule has 9 nitrogen and oxygen atoms in total. The zero-order chi connectivity index (χ0) is 19.1. The molecule has 2 atom stereocenters. The number of aryl methyl sites for hydroxylation is 1. The highest BCUT2D eigenvalue weighted by atomic mass is 16.5. The predicted octanol–water partition coefficient (Wildman–Crippen LogP) is 1.14. The molecule has 1 amide bonds. The first-order valence-electron chi connectivity index (χ1n) is 8.30. The Labute approximate surface area is 151 Å². The zero-order valence-corrected chi connectivity index (χ0v) is 15.0. The third-order valence-electron chi connectivity index (χ3n) is 4.00. The second-order valence-corrected chi connectivity index (χ2v) is 6.08. The van der Waals surface area contributed by atoms with Gasteiger partial charge in [0.1, 0.15) is 17.6 Å². The number of aliphatic carboxylic acids is 1. The van der Waals surface area contributed by atoms with Crippen molar-refractivity contribution in [3.8, 4) is 5.75 Å². The molecule has 1 heterocycles. The first-order valence-corrected chi connectivity index (χ1v) is 8.30. The summed E-state index contributed by atoms with van der Waals surface area (Å²) in [5, 5.41) is 23.0. The molecule has 140 valence electrons. The Morgan fingerprint density at radius 2 is 2.15 bits per heavy atom. The highest BCUT2D eigenvalue weighted by molar-refractivity contribution is 5.81. The van der Waals surface area contributed by atoms with E-state index >= 15 is 0 Å². The van der Waals surface area contributed by atoms with Crippen molar-refractivity contribution in [1.82, 2.24) is 25.5 Å². The lowest BCUT2D eigenvalue weighted by molar-refractivity contribution is -0.137. The summed E-state index contributed by atoms with van der Waals surface area (Å²) in [5.41, 5.74) is 0.901. The van der Waals surface area contributed by atoms with Crippen molar-refractivity contribution in [2.75, 3.05) is 7.11 Å². The van der Waals surface area contributed by atoms with E-state index < -0.39 is 12.0 Å². The van der Waals surface area contributed by atoms with Crippen molar-refractivity contribution < 1.29 is 19.4 Å². The maximum absolute atomic E-state index is 12.8. The van der Waals surface area contributed by atoms with E-state index in [1.807, 2.05) is 24.3 Å². The number of amides is 1. The molecule has 2 unspecified atom stereocenters. The minimum atomic E-state index is -0.893. The monoisotopic (exact) mass is 361 g/mol. The van der Waals surface area contributed by atoms with E-state index in [1.54, 1.807) is 21.0 Å². The largest absolute Gasteiger partial charge is 0.497 e. The molecule has 0 aliphatic heterocycles. The average Bonchev–Trinajstić information content (AvgIpc) is 3.03. The van der Waals surface area contributed by atoms with Crippen LogP contribution < -0.4 is 10.1 Å². The van der Waals surface area contributed by atoms with Crippen LogP contribution in [-0.4, -0.2) is 50.3 Å². The first-order chi connectivity index (χ1) is 12.4. The normalized spacial score (nSPS) is 13.0. The number of carbonyl (C=O) groups is 2. The van der Waals surface area contributed by atoms with Gasteiger partial charge in [0.05, 0.1) is 7.11 Å². The standard InChI is InChI=1S/C17H23N5O4/c1-11(7-8-16(23)24)18-17(25)15(22-12(2)19-20-21-22)10-13-5-4-6-14(9-13)26-3/h4-6,9,11,15H,7-8,10H2,1-3H3,(H,18,25)(H,23,24). The third-order valence-corrected chi connectivity index (χ3v) is 4.00. The SMILES string of the molecule is COc1cccc(CC(C(=O)NC(C)CCC(=O)O)n2nnnc2C)c1. The topological polar surface area (TPSA) is 119 Å². The van der Waals surface area contributed by atoms with Gasteiger partial charge in [-0.25, -0.2) is 4.68 Å². The smallest absolute Gasteiger partial charge is 0.303 e. The Balaban J connectivity index is 2.17. The molecule has 2 N–H and O–H groups in total. The van der Waals surface area contributed by atoms with Gasteiger partial charge in [0.15, 0.2) is 0 Å². The summed E-state index contributed by atoms with van der Waals surface area (Å²) >= 11 is 0. The molecule has 0 bridgehead atoms. The van der Waals surface area contributed by atoms with Crippen LogP contribution in [0.5, 0.6) is 5.75 Å². The van der Waals surface area contributed by atoms with Gasteiger partial charge in [-0.15, -0.1) is 5.10 Å². The van der Waals surface area contributed by atoms with Crippen LogP contribution in [0.15, 0.2) is 24.3 Å². The van der Waals surface area contributed by atoms with Gasteiger partial charge in [-0.3, -0.25) is 9.59 Å². The molecular weight excluding hydrogens is 338 g/mol. The van der Waals surface area contributed by atoms with Gasteiger partial charge < -0.3 is 15.2 Å². The minimum absolute atomic E-state index is 0.00803. The molecular formula is C17H23N5O4. The van der Waals surface area contributed by atoms with E-state index in [0.717, 1.165) is 5.56 Å². The van der Waals surface area contributed by atoms with Crippen molar-refractivity contribution in [2.24, 2.45) is 0 Å². The average molecular weight is 361 g/mol. The van der Waals surface area contributed by atoms with Gasteiger partial charge in [-0.05, 0) is 48.4 Å². The Kier molecular flexibility index (Phi) is 6.65. The van der Waals surface area contributed by atoms with E-state index in [2.05, 4.69) is 20.8 Å². The number of carboxylic acids is 1. The van der Waals surface area contributed by atoms with Crippen molar-refractivity contribution >= 4 is 11.9 Å². The molecule has 0 fully saturated rings. The van der Waals surface area contributed by atoms with Crippen molar-refractivity contribution in [3.05, 3.63) is 35.7 Å². The summed E-state index contributed by atoms with van der Waals surface area (Å²) in [4.78, 5) is 23.5. The predicted molar refractivity (Wildman–Crippen MR) is 92.8 cm³/mol. The van der Waals surface area contributed by atoms with Crippen LogP contribution in [0.3, 0.4) is 0 Å². The number of carbonyl (C=O) groups excluding carboxylic acids is 1. The maximum atomic E-state index is 12.8. The van der Waals surface area contributed by atoms with E-state index in [9.17, 15) is 9.59 Å². The van der Waals surface area contributed by atoms with Crippen LogP contribution in [-0.2, 0) is 16.0 Å². The van der Waals surface area contributed by atoms with Gasteiger partial charge >= 0.3 is 5.97 Å². The van der Waals surface area contributed by atoms with Gasteiger partial charge in [-0.2, -0.15) is 0 Å². The molecule has 0 saturated carbocycles. The molecule has 0 aliphatic carbocycles. The van der Waals surface area contributed by atoms with Crippen LogP contribution in [0, 0.1) is 6.92 Å². The van der Waals surface area contributed by atoms with Gasteiger partial charge in [0.25, 0.3) is 0 Å². The fourth-order valence-corrected chi connectivity index (χ4v) is 2.59. The summed E-state index contributed by atoms with van der Waals surface area (Å²) in [6.45, 7) is 3.50. The molecule has 0 radical (unpaired) electrons. The Hall–Kier alpha value is -2.97. The number of tetrazole rings is 1. The Bertz CT molecular complexity index is 761. The zero-order valence-electron chi connectivity index (χ0n) is 15.0. The van der Waals surface area contributed by atoms with Crippen LogP contribution in [0.25, 0.3) is 0 Å². The van der Waals surface area contributed by atoms with Crippen LogP contribution in [0.1, 0.15) is 37.2 Å². The van der Waals surface area contributed by atoms with Gasteiger partial charge in [0, 0.05) is 18.9 Å². The summed E-state index contributed by atoms with van der Waals surface area (Å²) < 4.78 is 6.70. The number of rotatable bonds is 9. The van der Waals surface area contributed by atoms with Gasteiger partial charge in [-0.1, -0.05) is 12.1 Å². The summed E-state index contributed by atoms with van der Waals surface area (Å²) in [5.74, 6) is 0.0626. The number of hydrogen-bond donors (Lipinski definition) is 2. The third kappa shape index (κ3) is 5.27. The number of carboxylic acid groups (broad SMARTS) is 1. The molecule has 1 aromatic carbocycles. The molecule has 0 aliphatic rings. The Morgan fingerprint density at radius 1 is 1.38 bits per heavy atom. The summed E-state index contributed by atoms with van der Waals surface area (Å²) in [7, 11) is 1.58. The molecule has 9 heteroatoms. The van der Waals surface area contributed by atoms with Gasteiger partial charge in [0.2, 0.25) is 5.91 Å². The second kappa shape index (κ2) is 8.93. The lowest BCUT2D eigenvalue weighted by Gasteiger charge is -2.20. The lowest BCUT2D eigenvalue weighted by atomic mass is 10.0. The Morgan fingerprint density at radius 3 is 2.77 bits per heavy atom. The summed E-state index contributed by atoms with van der Waals surface area (Å²) in [6, 6.07) is 6.51. The number of benzene rings is 1. The molecule has 2 aromatic rings. The summed E-state index contributed by atoms with van der Waals surface area (Å²) in [6.07, 6.45) is 0.716. The first kappa shape index (κ1) is 19.4. The van der Waals surface area contributed by atoms with E-state index in [4.69, 9.17) is 9.84 Å². The lowest BCUT2D eigenvalue weighted by Crippen LogP contribution is -2.40. The fraction of sp³-hybridized carbons (Fsp3) is 0.471. The fourth-order valence-electron chi connectivity index (χ4n) is 2.59. The number of nitrogens with zero attached hydrogens (tertiary/aromatic N) is 4. The van der Waals surface area contributed by atoms with Crippen molar-refractivity contribution in [1.29, 1.82) is 0 Å². The minimum Gasteiger partial charge on any atom is -0.497 e. The molecule has 26 heavy (non-hydrogen) atoms. The number of methoxy groups -OCH3 is 1. The maximum Gasteiger partial charge on any atom is 0.303 e. The number of aromatic nitrogens is 4. The van der Waals surface area contributed by atoms with E-state index in [0.29, 0.717) is 24.4 Å². The van der Waals surface area contributed by atoms with E-state index in [-0.39, 0.29) is 18.4 Å². The van der Waals surface area contributed by atoms with Crippen LogP contribution in [0.4, 0.5) is 0 Å². The van der Waals surface area contributed by atoms with Crippen molar-refractivity contribution in [2.45, 2.75) is 45.2 Å². The van der Waals surface area contributed by atoms with Crippen LogP contribution in [0.2, 0.25) is 0 Å². The molecule has 1 aromatic heterocycles. The highest BCUT2D eigenvalue weighted by Crippen LogP contribution is 2.19. The highest BCUT2D eigenvalue weighted by Gasteiger charge is 2.25. The van der Waals surface area contributed by atoms with Crippen molar-refractivity contribution in [3.63, 3.8) is 0 Å². The molecule has 0 saturated heterocycles. The number of ether oxygens (including phenoxy) is 1. The van der Waals surface area contributed by atoms with E-state index in [1.165, 1.54) is 4.68 Å². The second-order valence-electron chi connectivity index (χ2n) is 6.08. The number of hydrogen-bond acceptors (Lipinski definition) is 6. The quantitative estimate of drug-likeness (QED) is 0.687. The number of nitrogens with one attached hydrogen (secondary N) is 1. The molecule has 0 spiro atoms. The van der Waals surface area contributed by atoms with Crippen LogP contribution >= 0.6 is 0 Å². The molecule has 2 rings (SSSR count).